The van der Waals surface area contributed by atoms with Crippen molar-refractivity contribution in [2.24, 2.45) is 5.10 Å². The van der Waals surface area contributed by atoms with Crippen molar-refractivity contribution in [2.75, 3.05) is 7.11 Å². The summed E-state index contributed by atoms with van der Waals surface area (Å²) in [5.41, 5.74) is 2.24. The summed E-state index contributed by atoms with van der Waals surface area (Å²) in [7, 11) is 1.62. The lowest BCUT2D eigenvalue weighted by Gasteiger charge is -2.19. The van der Waals surface area contributed by atoms with E-state index < -0.39 is 0 Å². The van der Waals surface area contributed by atoms with Crippen molar-refractivity contribution in [2.45, 2.75) is 59.0 Å². The standard InChI is InChI=1S/C27H32BrN3O3/c1-6-9-11-25-30-23-13-12-21(28)16-22(23)27(32)31(25)29-17-19-14-20(10-7-2)26(24(15-19)33-5)34-18(4)8-3/h7,12-18H,2,6,8-11H2,1,3-5H3/t18-/m0/s1. The summed E-state index contributed by atoms with van der Waals surface area (Å²) in [6.07, 6.45) is 7.65. The zero-order chi connectivity index (χ0) is 24.7. The maximum Gasteiger partial charge on any atom is 0.282 e. The van der Waals surface area contributed by atoms with Gasteiger partial charge in [0.2, 0.25) is 0 Å². The van der Waals surface area contributed by atoms with E-state index in [0.717, 1.165) is 34.9 Å². The molecule has 0 spiro atoms. The molecule has 1 aromatic heterocycles. The molecule has 6 nitrogen and oxygen atoms in total. The summed E-state index contributed by atoms with van der Waals surface area (Å²) in [5, 5.41) is 5.09. The van der Waals surface area contributed by atoms with Gasteiger partial charge in [-0.3, -0.25) is 4.79 Å². The zero-order valence-corrected chi connectivity index (χ0v) is 21.9. The van der Waals surface area contributed by atoms with Gasteiger partial charge in [-0.2, -0.15) is 9.78 Å². The van der Waals surface area contributed by atoms with Gasteiger partial charge in [-0.25, -0.2) is 4.98 Å². The number of hydrogen-bond acceptors (Lipinski definition) is 5. The molecule has 1 atom stereocenters. The Labute approximate surface area is 209 Å². The molecule has 0 saturated heterocycles. The number of aromatic nitrogens is 2. The number of allylic oxidation sites excluding steroid dienone is 1. The highest BCUT2D eigenvalue weighted by atomic mass is 79.9. The predicted molar refractivity (Wildman–Crippen MR) is 143 cm³/mol. The third-order valence-electron chi connectivity index (χ3n) is 5.58. The van der Waals surface area contributed by atoms with E-state index in [1.54, 1.807) is 19.4 Å². The molecule has 7 heteroatoms. The summed E-state index contributed by atoms with van der Waals surface area (Å²) in [6, 6.07) is 9.39. The van der Waals surface area contributed by atoms with Crippen molar-refractivity contribution in [3.8, 4) is 11.5 Å². The van der Waals surface area contributed by atoms with Crippen LogP contribution in [-0.4, -0.2) is 29.1 Å². The van der Waals surface area contributed by atoms with Gasteiger partial charge in [-0.1, -0.05) is 42.3 Å². The number of benzene rings is 2. The molecule has 0 bridgehead atoms. The molecule has 2 aromatic carbocycles. The van der Waals surface area contributed by atoms with E-state index in [2.05, 4.69) is 41.5 Å². The average molecular weight is 526 g/mol. The van der Waals surface area contributed by atoms with Crippen LogP contribution in [0.2, 0.25) is 0 Å². The van der Waals surface area contributed by atoms with Crippen LogP contribution in [0.3, 0.4) is 0 Å². The van der Waals surface area contributed by atoms with Crippen molar-refractivity contribution in [1.82, 2.24) is 9.66 Å². The fraction of sp³-hybridized carbons (Fsp3) is 0.370. The first-order chi connectivity index (χ1) is 16.4. The summed E-state index contributed by atoms with van der Waals surface area (Å²) in [4.78, 5) is 18.1. The van der Waals surface area contributed by atoms with Gasteiger partial charge >= 0.3 is 0 Å². The lowest BCUT2D eigenvalue weighted by Crippen LogP contribution is -2.22. The van der Waals surface area contributed by atoms with Crippen LogP contribution in [0.25, 0.3) is 10.9 Å². The van der Waals surface area contributed by atoms with E-state index in [1.165, 1.54) is 4.68 Å². The molecule has 0 aliphatic heterocycles. The van der Waals surface area contributed by atoms with Gasteiger partial charge in [0, 0.05) is 16.5 Å². The number of nitrogens with zero attached hydrogens (tertiary/aromatic N) is 3. The summed E-state index contributed by atoms with van der Waals surface area (Å²) >= 11 is 3.45. The molecule has 1 heterocycles. The largest absolute Gasteiger partial charge is 0.493 e. The second kappa shape index (κ2) is 12.0. The SMILES string of the molecule is C=CCc1cc(C=Nn2c(CCCC)nc3ccc(Br)cc3c2=O)cc(OC)c1O[C@@H](C)CC. The first kappa shape index (κ1) is 25.7. The van der Waals surface area contributed by atoms with Crippen LogP contribution < -0.4 is 15.0 Å². The maximum atomic E-state index is 13.3. The van der Waals surface area contributed by atoms with Crippen LogP contribution >= 0.6 is 15.9 Å². The minimum Gasteiger partial charge on any atom is -0.493 e. The maximum absolute atomic E-state index is 13.3. The Morgan fingerprint density at radius 1 is 1.26 bits per heavy atom. The van der Waals surface area contributed by atoms with Gasteiger partial charge < -0.3 is 9.47 Å². The number of aryl methyl sites for hydroxylation is 1. The van der Waals surface area contributed by atoms with E-state index in [1.807, 2.05) is 37.3 Å². The zero-order valence-electron chi connectivity index (χ0n) is 20.3. The number of rotatable bonds is 11. The average Bonchev–Trinajstić information content (AvgIpc) is 2.83. The number of methoxy groups -OCH3 is 1. The number of ether oxygens (including phenoxy) is 2. The Kier molecular flexibility index (Phi) is 9.05. The molecule has 3 aromatic rings. The summed E-state index contributed by atoms with van der Waals surface area (Å²) in [6.45, 7) is 10.1. The minimum absolute atomic E-state index is 0.0553. The van der Waals surface area contributed by atoms with Crippen molar-refractivity contribution in [3.05, 3.63) is 74.8 Å². The third kappa shape index (κ3) is 5.95. The number of fused-ring (bicyclic) bond motifs is 1. The van der Waals surface area contributed by atoms with E-state index in [9.17, 15) is 4.79 Å². The van der Waals surface area contributed by atoms with Crippen molar-refractivity contribution in [1.29, 1.82) is 0 Å². The molecule has 0 amide bonds. The monoisotopic (exact) mass is 525 g/mol. The first-order valence-electron chi connectivity index (χ1n) is 11.7. The molecule has 180 valence electrons. The van der Waals surface area contributed by atoms with Crippen LogP contribution in [0.5, 0.6) is 11.5 Å². The molecule has 3 rings (SSSR count). The molecule has 34 heavy (non-hydrogen) atoms. The Bertz CT molecular complexity index is 1250. The van der Waals surface area contributed by atoms with Gasteiger partial charge in [0.25, 0.3) is 5.56 Å². The van der Waals surface area contributed by atoms with Gasteiger partial charge in [-0.15, -0.1) is 6.58 Å². The molecule has 0 saturated carbocycles. The van der Waals surface area contributed by atoms with E-state index in [4.69, 9.17) is 14.5 Å². The molecule has 0 aliphatic rings. The Hall–Kier alpha value is -2.93. The molecule has 0 radical (unpaired) electrons. The number of hydrogen-bond donors (Lipinski definition) is 0. The predicted octanol–water partition coefficient (Wildman–Crippen LogP) is 6.30. The van der Waals surface area contributed by atoms with Crippen molar-refractivity contribution >= 4 is 33.0 Å². The van der Waals surface area contributed by atoms with Crippen LogP contribution in [0.15, 0.2) is 57.4 Å². The molecule has 0 unspecified atom stereocenters. The molecular formula is C27H32BrN3O3. The lowest BCUT2D eigenvalue weighted by atomic mass is 10.1. The van der Waals surface area contributed by atoms with E-state index in [-0.39, 0.29) is 11.7 Å². The van der Waals surface area contributed by atoms with E-state index >= 15 is 0 Å². The minimum atomic E-state index is -0.191. The van der Waals surface area contributed by atoms with Crippen molar-refractivity contribution in [3.63, 3.8) is 0 Å². The Balaban J connectivity index is 2.11. The van der Waals surface area contributed by atoms with Crippen LogP contribution in [-0.2, 0) is 12.8 Å². The summed E-state index contributed by atoms with van der Waals surface area (Å²) < 4.78 is 14.0. The Morgan fingerprint density at radius 2 is 2.06 bits per heavy atom. The fourth-order valence-corrected chi connectivity index (χ4v) is 3.93. The quantitative estimate of drug-likeness (QED) is 0.217. The molecule has 0 aliphatic carbocycles. The van der Waals surface area contributed by atoms with Gasteiger partial charge in [-0.05, 0) is 62.1 Å². The number of unbranched alkanes of at least 4 members (excludes halogenated alkanes) is 1. The highest BCUT2D eigenvalue weighted by molar-refractivity contribution is 9.10. The van der Waals surface area contributed by atoms with Crippen molar-refractivity contribution < 1.29 is 9.47 Å². The second-order valence-corrected chi connectivity index (χ2v) is 9.11. The molecular weight excluding hydrogens is 494 g/mol. The highest BCUT2D eigenvalue weighted by Gasteiger charge is 2.15. The first-order valence-corrected chi connectivity index (χ1v) is 12.4. The van der Waals surface area contributed by atoms with Gasteiger partial charge in [0.1, 0.15) is 5.82 Å². The van der Waals surface area contributed by atoms with Crippen LogP contribution in [0, 0.1) is 0 Å². The Morgan fingerprint density at radius 3 is 2.74 bits per heavy atom. The topological polar surface area (TPSA) is 65.7 Å². The lowest BCUT2D eigenvalue weighted by molar-refractivity contribution is 0.206. The van der Waals surface area contributed by atoms with E-state index in [0.29, 0.717) is 41.1 Å². The van der Waals surface area contributed by atoms with Gasteiger partial charge in [0.15, 0.2) is 11.5 Å². The van der Waals surface area contributed by atoms with Crippen LogP contribution in [0.1, 0.15) is 57.0 Å². The molecule has 0 fully saturated rings. The smallest absolute Gasteiger partial charge is 0.282 e. The normalized spacial score (nSPS) is 12.3. The highest BCUT2D eigenvalue weighted by Crippen LogP contribution is 2.34. The fourth-order valence-electron chi connectivity index (χ4n) is 3.57. The molecule has 0 N–H and O–H groups in total. The second-order valence-electron chi connectivity index (χ2n) is 8.20. The number of halogens is 1. The summed E-state index contributed by atoms with van der Waals surface area (Å²) in [5.74, 6) is 1.99. The third-order valence-corrected chi connectivity index (χ3v) is 6.08. The van der Waals surface area contributed by atoms with Crippen LogP contribution in [0.4, 0.5) is 0 Å². The van der Waals surface area contributed by atoms with Gasteiger partial charge in [0.05, 0.1) is 30.3 Å².